The van der Waals surface area contributed by atoms with Crippen molar-refractivity contribution in [3.63, 3.8) is 0 Å². The van der Waals surface area contributed by atoms with E-state index >= 15 is 0 Å². The molecule has 0 unspecified atom stereocenters. The number of nitrogens with zero attached hydrogens (tertiary/aromatic N) is 2. The van der Waals surface area contributed by atoms with E-state index in [0.717, 1.165) is 17.7 Å². The van der Waals surface area contributed by atoms with Crippen LogP contribution in [0, 0.1) is 17.6 Å². The molecule has 0 spiro atoms. The highest BCUT2D eigenvalue weighted by molar-refractivity contribution is 6.07. The Morgan fingerprint density at radius 3 is 2.16 bits per heavy atom. The van der Waals surface area contributed by atoms with Gasteiger partial charge in [-0.1, -0.05) is 54.6 Å². The van der Waals surface area contributed by atoms with Gasteiger partial charge in [0.15, 0.2) is 17.7 Å². The van der Waals surface area contributed by atoms with Crippen molar-refractivity contribution < 1.29 is 23.2 Å². The summed E-state index contributed by atoms with van der Waals surface area (Å²) in [6.07, 6.45) is -1.03. The Morgan fingerprint density at radius 2 is 1.48 bits per heavy atom. The van der Waals surface area contributed by atoms with Crippen molar-refractivity contribution >= 4 is 17.5 Å². The van der Waals surface area contributed by atoms with Crippen LogP contribution in [0.3, 0.4) is 0 Å². The lowest BCUT2D eigenvalue weighted by Gasteiger charge is -2.28. The molecular formula is C24H18F2N2O3. The minimum absolute atomic E-state index is 0.130. The van der Waals surface area contributed by atoms with Crippen molar-refractivity contribution in [3.8, 4) is 0 Å². The Bertz CT molecular complexity index is 1140. The van der Waals surface area contributed by atoms with E-state index in [0.29, 0.717) is 11.3 Å². The SMILES string of the molecule is O=C1[C@H]2[C@@H](c3ccc(F)c(F)c3)N(c3ccccc3)O[C@H]2C(=O)N1Cc1ccccc1. The number of rotatable bonds is 4. The molecule has 5 rings (SSSR count). The summed E-state index contributed by atoms with van der Waals surface area (Å²) >= 11 is 0. The molecule has 3 aromatic carbocycles. The summed E-state index contributed by atoms with van der Waals surface area (Å²) in [4.78, 5) is 33.6. The fourth-order valence-corrected chi connectivity index (χ4v) is 4.23. The third-order valence-corrected chi connectivity index (χ3v) is 5.69. The minimum atomic E-state index is -1.03. The monoisotopic (exact) mass is 420 g/mol. The summed E-state index contributed by atoms with van der Waals surface area (Å²) in [5.74, 6) is -3.71. The van der Waals surface area contributed by atoms with Gasteiger partial charge in [-0.25, -0.2) is 13.8 Å². The van der Waals surface area contributed by atoms with Gasteiger partial charge in [-0.15, -0.1) is 0 Å². The van der Waals surface area contributed by atoms with Gasteiger partial charge >= 0.3 is 0 Å². The molecule has 3 aromatic rings. The zero-order chi connectivity index (χ0) is 21.5. The number of carbonyl (C=O) groups is 2. The van der Waals surface area contributed by atoms with Crippen LogP contribution in [-0.4, -0.2) is 22.8 Å². The third-order valence-electron chi connectivity index (χ3n) is 5.69. The molecule has 2 fully saturated rings. The van der Waals surface area contributed by atoms with Gasteiger partial charge < -0.3 is 0 Å². The van der Waals surface area contributed by atoms with Gasteiger partial charge in [0.1, 0.15) is 5.92 Å². The first kappa shape index (κ1) is 19.4. The van der Waals surface area contributed by atoms with Gasteiger partial charge in [-0.3, -0.25) is 19.3 Å². The summed E-state index contributed by atoms with van der Waals surface area (Å²) in [6, 6.07) is 20.8. The summed E-state index contributed by atoms with van der Waals surface area (Å²) in [5, 5.41) is 1.46. The molecule has 2 aliphatic heterocycles. The second-order valence-electron chi connectivity index (χ2n) is 7.58. The molecule has 0 bridgehead atoms. The number of hydrogen-bond donors (Lipinski definition) is 0. The number of anilines is 1. The van der Waals surface area contributed by atoms with E-state index in [1.54, 1.807) is 24.3 Å². The van der Waals surface area contributed by atoms with Crippen molar-refractivity contribution in [1.82, 2.24) is 4.90 Å². The summed E-state index contributed by atoms with van der Waals surface area (Å²) in [5.41, 5.74) is 1.79. The molecule has 0 radical (unpaired) electrons. The maximum Gasteiger partial charge on any atom is 0.262 e. The van der Waals surface area contributed by atoms with Crippen LogP contribution in [0.5, 0.6) is 0 Å². The number of carbonyl (C=O) groups excluding carboxylic acids is 2. The van der Waals surface area contributed by atoms with Crippen LogP contribution in [0.25, 0.3) is 0 Å². The number of amides is 2. The van der Waals surface area contributed by atoms with Crippen molar-refractivity contribution in [2.24, 2.45) is 5.92 Å². The lowest BCUT2D eigenvalue weighted by molar-refractivity contribution is -0.143. The second kappa shape index (κ2) is 7.59. The van der Waals surface area contributed by atoms with Crippen LogP contribution in [0.4, 0.5) is 14.5 Å². The molecule has 2 amide bonds. The van der Waals surface area contributed by atoms with Crippen molar-refractivity contribution in [1.29, 1.82) is 0 Å². The maximum atomic E-state index is 14.0. The molecule has 2 saturated heterocycles. The first-order valence-electron chi connectivity index (χ1n) is 9.90. The van der Waals surface area contributed by atoms with E-state index in [9.17, 15) is 18.4 Å². The minimum Gasteiger partial charge on any atom is -0.275 e. The summed E-state index contributed by atoms with van der Waals surface area (Å²) < 4.78 is 27.6. The van der Waals surface area contributed by atoms with E-state index in [2.05, 4.69) is 0 Å². The van der Waals surface area contributed by atoms with Crippen molar-refractivity contribution in [2.75, 3.05) is 5.06 Å². The molecule has 0 N–H and O–H groups in total. The fraction of sp³-hybridized carbons (Fsp3) is 0.167. The number of imide groups is 1. The number of likely N-dealkylation sites (tertiary alicyclic amines) is 1. The maximum absolute atomic E-state index is 14.0. The first-order chi connectivity index (χ1) is 15.0. The van der Waals surface area contributed by atoms with Gasteiger partial charge in [-0.2, -0.15) is 0 Å². The first-order valence-corrected chi connectivity index (χ1v) is 9.90. The molecule has 0 aliphatic carbocycles. The lowest BCUT2D eigenvalue weighted by Crippen LogP contribution is -2.37. The fourth-order valence-electron chi connectivity index (χ4n) is 4.23. The lowest BCUT2D eigenvalue weighted by atomic mass is 9.90. The average Bonchev–Trinajstić information content (AvgIpc) is 3.29. The largest absolute Gasteiger partial charge is 0.275 e. The van der Waals surface area contributed by atoms with Crippen LogP contribution in [0.2, 0.25) is 0 Å². The Kier molecular flexibility index (Phi) is 4.75. The van der Waals surface area contributed by atoms with Gasteiger partial charge in [0.2, 0.25) is 5.91 Å². The molecule has 0 aromatic heterocycles. The molecule has 0 saturated carbocycles. The van der Waals surface area contributed by atoms with E-state index in [1.807, 2.05) is 36.4 Å². The van der Waals surface area contributed by atoms with Gasteiger partial charge in [0.25, 0.3) is 5.91 Å². The number of fused-ring (bicyclic) bond motifs is 1. The molecule has 5 nitrogen and oxygen atoms in total. The second-order valence-corrected chi connectivity index (χ2v) is 7.58. The molecule has 7 heteroatoms. The molecule has 2 heterocycles. The van der Waals surface area contributed by atoms with Crippen LogP contribution >= 0.6 is 0 Å². The average molecular weight is 420 g/mol. The van der Waals surface area contributed by atoms with E-state index in [-0.39, 0.29) is 6.54 Å². The third kappa shape index (κ3) is 3.27. The van der Waals surface area contributed by atoms with Crippen molar-refractivity contribution in [3.05, 3.63) is 102 Å². The number of hydroxylamine groups is 1. The normalized spacial score (nSPS) is 22.8. The van der Waals surface area contributed by atoms with Crippen LogP contribution < -0.4 is 5.06 Å². The van der Waals surface area contributed by atoms with Crippen molar-refractivity contribution in [2.45, 2.75) is 18.7 Å². The highest BCUT2D eigenvalue weighted by atomic mass is 19.2. The van der Waals surface area contributed by atoms with Crippen LogP contribution in [0.1, 0.15) is 17.2 Å². The quantitative estimate of drug-likeness (QED) is 0.599. The smallest absolute Gasteiger partial charge is 0.262 e. The Hall–Kier alpha value is -3.58. The number of para-hydroxylation sites is 1. The van der Waals surface area contributed by atoms with E-state index in [4.69, 9.17) is 4.84 Å². The molecule has 2 aliphatic rings. The highest BCUT2D eigenvalue weighted by Crippen LogP contribution is 2.47. The van der Waals surface area contributed by atoms with E-state index in [1.165, 1.54) is 16.0 Å². The Morgan fingerprint density at radius 1 is 0.806 bits per heavy atom. The Labute approximate surface area is 177 Å². The number of halogens is 2. The standard InChI is InChI=1S/C24H18F2N2O3/c25-18-12-11-16(13-19(18)26)21-20-22(31-28(21)17-9-5-2-6-10-17)24(30)27(23(20)29)14-15-7-3-1-4-8-15/h1-13,20-22H,14H2/t20-,21+,22+/m0/s1. The molecule has 31 heavy (non-hydrogen) atoms. The topological polar surface area (TPSA) is 49.9 Å². The molecular weight excluding hydrogens is 402 g/mol. The number of benzene rings is 3. The predicted octanol–water partition coefficient (Wildman–Crippen LogP) is 4.01. The summed E-state index contributed by atoms with van der Waals surface area (Å²) in [6.45, 7) is 0.130. The Balaban J connectivity index is 1.54. The van der Waals surface area contributed by atoms with Gasteiger partial charge in [0, 0.05) is 0 Å². The van der Waals surface area contributed by atoms with Crippen LogP contribution in [-0.2, 0) is 21.0 Å². The number of hydrogen-bond acceptors (Lipinski definition) is 4. The summed E-state index contributed by atoms with van der Waals surface area (Å²) in [7, 11) is 0. The molecule has 3 atom stereocenters. The molecule has 156 valence electrons. The zero-order valence-corrected chi connectivity index (χ0v) is 16.3. The van der Waals surface area contributed by atoms with Gasteiger partial charge in [-0.05, 0) is 35.4 Å². The van der Waals surface area contributed by atoms with Gasteiger partial charge in [0.05, 0.1) is 18.3 Å². The van der Waals surface area contributed by atoms with E-state index < -0.39 is 41.5 Å². The predicted molar refractivity (Wildman–Crippen MR) is 108 cm³/mol. The highest BCUT2D eigenvalue weighted by Gasteiger charge is 2.59. The van der Waals surface area contributed by atoms with Crippen LogP contribution in [0.15, 0.2) is 78.9 Å². The zero-order valence-electron chi connectivity index (χ0n) is 16.3.